The minimum absolute atomic E-state index is 0.128. The number of amides is 1. The van der Waals surface area contributed by atoms with Gasteiger partial charge < -0.3 is 10.1 Å². The lowest BCUT2D eigenvalue weighted by atomic mass is 10.2. The third-order valence-electron chi connectivity index (χ3n) is 3.74. The Bertz CT molecular complexity index is 1190. The second kappa shape index (κ2) is 7.82. The molecule has 0 atom stereocenters. The minimum Gasteiger partial charge on any atom is -0.454 e. The molecular formula is C18H13F2N3O5. The molecule has 0 unspecified atom stereocenters. The smallest absolute Gasteiger partial charge is 0.328 e. The van der Waals surface area contributed by atoms with Crippen molar-refractivity contribution in [1.82, 2.24) is 9.78 Å². The molecule has 2 N–H and O–H groups in total. The van der Waals surface area contributed by atoms with Gasteiger partial charge in [0.25, 0.3) is 17.0 Å². The van der Waals surface area contributed by atoms with Crippen LogP contribution in [0.3, 0.4) is 0 Å². The van der Waals surface area contributed by atoms with Crippen LogP contribution >= 0.6 is 0 Å². The van der Waals surface area contributed by atoms with E-state index in [9.17, 15) is 28.0 Å². The van der Waals surface area contributed by atoms with Crippen molar-refractivity contribution < 1.29 is 23.1 Å². The number of carbonyl (C=O) groups is 2. The molecule has 0 spiro atoms. The maximum Gasteiger partial charge on any atom is 0.328 e. The average Bonchev–Trinajstić information content (AvgIpc) is 2.66. The molecule has 2 aromatic carbocycles. The predicted octanol–water partition coefficient (Wildman–Crippen LogP) is 1.15. The van der Waals surface area contributed by atoms with Crippen LogP contribution in [0.15, 0.2) is 52.1 Å². The van der Waals surface area contributed by atoms with Crippen LogP contribution < -0.4 is 16.4 Å². The van der Waals surface area contributed by atoms with Crippen molar-refractivity contribution in [2.24, 2.45) is 0 Å². The van der Waals surface area contributed by atoms with E-state index >= 15 is 0 Å². The van der Waals surface area contributed by atoms with Gasteiger partial charge in [0.15, 0.2) is 6.61 Å². The van der Waals surface area contributed by atoms with Crippen LogP contribution in [0, 0.1) is 11.6 Å². The molecule has 1 heterocycles. The van der Waals surface area contributed by atoms with Gasteiger partial charge in [-0.05, 0) is 24.3 Å². The zero-order valence-corrected chi connectivity index (χ0v) is 14.2. The number of nitrogens with one attached hydrogen (secondary N) is 2. The SMILES string of the molecule is O=C(COC(=O)Cn1[nH]c(=O)c2ccccc2c1=O)Nc1ccc(F)cc1F. The first-order valence-electron chi connectivity index (χ1n) is 7.97. The van der Waals surface area contributed by atoms with Crippen LogP contribution in [0.25, 0.3) is 10.8 Å². The lowest BCUT2D eigenvalue weighted by Gasteiger charge is -2.09. The molecule has 0 aliphatic rings. The molecular weight excluding hydrogens is 376 g/mol. The lowest BCUT2D eigenvalue weighted by Crippen LogP contribution is -2.33. The van der Waals surface area contributed by atoms with Crippen molar-refractivity contribution in [3.8, 4) is 0 Å². The van der Waals surface area contributed by atoms with E-state index in [2.05, 4.69) is 10.4 Å². The molecule has 1 aromatic heterocycles. The van der Waals surface area contributed by atoms with Gasteiger partial charge in [-0.15, -0.1) is 0 Å². The van der Waals surface area contributed by atoms with E-state index in [1.165, 1.54) is 12.1 Å². The molecule has 144 valence electrons. The first-order chi connectivity index (χ1) is 13.3. The highest BCUT2D eigenvalue weighted by atomic mass is 19.1. The fourth-order valence-corrected chi connectivity index (χ4v) is 2.46. The Kier molecular flexibility index (Phi) is 5.30. The van der Waals surface area contributed by atoms with Crippen molar-refractivity contribution >= 4 is 28.3 Å². The summed E-state index contributed by atoms with van der Waals surface area (Å²) in [5.41, 5.74) is -1.45. The lowest BCUT2D eigenvalue weighted by molar-refractivity contribution is -0.148. The summed E-state index contributed by atoms with van der Waals surface area (Å²) in [7, 11) is 0. The van der Waals surface area contributed by atoms with Crippen molar-refractivity contribution in [2.45, 2.75) is 6.54 Å². The zero-order chi connectivity index (χ0) is 20.3. The van der Waals surface area contributed by atoms with Gasteiger partial charge in [0.05, 0.1) is 16.5 Å². The van der Waals surface area contributed by atoms with Gasteiger partial charge in [0.1, 0.15) is 18.2 Å². The molecule has 0 radical (unpaired) electrons. The number of aromatic amines is 1. The Hall–Kier alpha value is -3.82. The summed E-state index contributed by atoms with van der Waals surface area (Å²) < 4.78 is 31.8. The number of fused-ring (bicyclic) bond motifs is 1. The number of anilines is 1. The first-order valence-corrected chi connectivity index (χ1v) is 7.97. The Morgan fingerprint density at radius 3 is 2.50 bits per heavy atom. The van der Waals surface area contributed by atoms with E-state index in [0.29, 0.717) is 6.07 Å². The minimum atomic E-state index is -0.986. The fourth-order valence-electron chi connectivity index (χ4n) is 2.46. The number of esters is 1. The number of ether oxygens (including phenoxy) is 1. The van der Waals surface area contributed by atoms with Crippen LogP contribution in [0.4, 0.5) is 14.5 Å². The standard InChI is InChI=1S/C18H13F2N3O5/c19-10-5-6-14(13(20)7-10)21-15(24)9-28-16(25)8-23-18(27)12-4-2-1-3-11(12)17(26)22-23/h1-7H,8-9H2,(H,21,24)(H,22,26). The van der Waals surface area contributed by atoms with Crippen LogP contribution in [-0.2, 0) is 20.9 Å². The van der Waals surface area contributed by atoms with Crippen LogP contribution in [0.5, 0.6) is 0 Å². The number of carbonyl (C=O) groups excluding carboxylic acids is 2. The van der Waals surface area contributed by atoms with Gasteiger partial charge in [0.2, 0.25) is 0 Å². The van der Waals surface area contributed by atoms with Gasteiger partial charge in [-0.25, -0.2) is 13.5 Å². The average molecular weight is 389 g/mol. The van der Waals surface area contributed by atoms with Gasteiger partial charge in [-0.2, -0.15) is 0 Å². The largest absolute Gasteiger partial charge is 0.454 e. The topological polar surface area (TPSA) is 110 Å². The van der Waals surface area contributed by atoms with Gasteiger partial charge >= 0.3 is 5.97 Å². The molecule has 8 nitrogen and oxygen atoms in total. The Balaban J connectivity index is 1.64. The third-order valence-corrected chi connectivity index (χ3v) is 3.74. The summed E-state index contributed by atoms with van der Waals surface area (Å²) in [6.45, 7) is -1.39. The second-order valence-corrected chi connectivity index (χ2v) is 5.71. The molecule has 0 saturated heterocycles. The molecule has 3 aromatic rings. The highest BCUT2D eigenvalue weighted by Gasteiger charge is 2.14. The number of benzene rings is 2. The molecule has 0 saturated carbocycles. The van der Waals surface area contributed by atoms with E-state index in [0.717, 1.165) is 16.8 Å². The fraction of sp³-hybridized carbons (Fsp3) is 0.111. The number of halogens is 2. The summed E-state index contributed by atoms with van der Waals surface area (Å²) in [5.74, 6) is -3.63. The maximum atomic E-state index is 13.5. The predicted molar refractivity (Wildman–Crippen MR) is 94.8 cm³/mol. The highest BCUT2D eigenvalue weighted by molar-refractivity contribution is 5.92. The van der Waals surface area contributed by atoms with Gasteiger partial charge in [0, 0.05) is 6.07 Å². The molecule has 0 fully saturated rings. The highest BCUT2D eigenvalue weighted by Crippen LogP contribution is 2.14. The molecule has 3 rings (SSSR count). The number of H-pyrrole nitrogens is 1. The molecule has 0 aliphatic heterocycles. The van der Waals surface area contributed by atoms with Gasteiger partial charge in [-0.3, -0.25) is 24.3 Å². The summed E-state index contributed by atoms with van der Waals surface area (Å²) in [6.07, 6.45) is 0. The van der Waals surface area contributed by atoms with E-state index in [-0.39, 0.29) is 16.5 Å². The molecule has 0 bridgehead atoms. The van der Waals surface area contributed by atoms with E-state index in [4.69, 9.17) is 4.74 Å². The van der Waals surface area contributed by atoms with Crippen molar-refractivity contribution in [1.29, 1.82) is 0 Å². The van der Waals surface area contributed by atoms with Crippen LogP contribution in [-0.4, -0.2) is 28.3 Å². The number of nitrogens with zero attached hydrogens (tertiary/aromatic N) is 1. The number of hydrogen-bond acceptors (Lipinski definition) is 5. The number of rotatable bonds is 5. The van der Waals surface area contributed by atoms with Crippen molar-refractivity contribution in [3.05, 3.63) is 74.8 Å². The van der Waals surface area contributed by atoms with E-state index < -0.39 is 47.8 Å². The number of aromatic nitrogens is 2. The normalized spacial score (nSPS) is 10.6. The summed E-state index contributed by atoms with van der Waals surface area (Å²) in [4.78, 5) is 47.9. The summed E-state index contributed by atoms with van der Waals surface area (Å²) >= 11 is 0. The summed E-state index contributed by atoms with van der Waals surface area (Å²) in [5, 5.41) is 4.68. The van der Waals surface area contributed by atoms with E-state index in [1.54, 1.807) is 12.1 Å². The van der Waals surface area contributed by atoms with Crippen molar-refractivity contribution in [2.75, 3.05) is 11.9 Å². The van der Waals surface area contributed by atoms with Crippen LogP contribution in [0.2, 0.25) is 0 Å². The monoisotopic (exact) mass is 389 g/mol. The van der Waals surface area contributed by atoms with Crippen molar-refractivity contribution in [3.63, 3.8) is 0 Å². The molecule has 28 heavy (non-hydrogen) atoms. The molecule has 1 amide bonds. The second-order valence-electron chi connectivity index (χ2n) is 5.71. The quantitative estimate of drug-likeness (QED) is 0.636. The first kappa shape index (κ1) is 19.0. The zero-order valence-electron chi connectivity index (χ0n) is 14.2. The van der Waals surface area contributed by atoms with Gasteiger partial charge in [-0.1, -0.05) is 12.1 Å². The maximum absolute atomic E-state index is 13.5. The molecule has 0 aliphatic carbocycles. The molecule has 10 heteroatoms. The summed E-state index contributed by atoms with van der Waals surface area (Å²) in [6, 6.07) is 8.64. The third kappa shape index (κ3) is 4.11. The Labute approximate surface area is 155 Å². The number of hydrogen-bond donors (Lipinski definition) is 2. The van der Waals surface area contributed by atoms with Crippen LogP contribution in [0.1, 0.15) is 0 Å². The Morgan fingerprint density at radius 2 is 1.79 bits per heavy atom. The van der Waals surface area contributed by atoms with E-state index in [1.807, 2.05) is 0 Å². The Morgan fingerprint density at radius 1 is 1.07 bits per heavy atom.